The lowest BCUT2D eigenvalue weighted by molar-refractivity contribution is 0.537. The highest BCUT2D eigenvalue weighted by Gasteiger charge is 1.94. The van der Waals surface area contributed by atoms with Gasteiger partial charge in [0.1, 0.15) is 0 Å². The average Bonchev–Trinajstić information content (AvgIpc) is 2.39. The number of rotatable bonds is 15. The van der Waals surface area contributed by atoms with Gasteiger partial charge in [0.15, 0.2) is 0 Å². The largest absolute Gasteiger partial charge is 0.100 e. The van der Waals surface area contributed by atoms with Crippen molar-refractivity contribution in [3.8, 4) is 0 Å². The Morgan fingerprint density at radius 3 is 1.21 bits per heavy atom. The van der Waals surface area contributed by atoms with Crippen molar-refractivity contribution in [3.63, 3.8) is 0 Å². The minimum Gasteiger partial charge on any atom is -0.100 e. The maximum Gasteiger partial charge on any atom is -0.0326 e. The second-order valence-corrected chi connectivity index (χ2v) is 6.16. The van der Waals surface area contributed by atoms with Crippen molar-refractivity contribution >= 4 is 0 Å². The van der Waals surface area contributed by atoms with Gasteiger partial charge in [-0.05, 0) is 19.8 Å². The van der Waals surface area contributed by atoms with Gasteiger partial charge in [-0.2, -0.15) is 0 Å². The molecule has 0 heterocycles. The van der Waals surface area contributed by atoms with Crippen molar-refractivity contribution < 1.29 is 0 Å². The van der Waals surface area contributed by atoms with E-state index in [0.29, 0.717) is 0 Å². The first-order valence-electron chi connectivity index (χ1n) is 8.71. The molecule has 0 amide bonds. The van der Waals surface area contributed by atoms with Crippen LogP contribution in [0.25, 0.3) is 0 Å². The zero-order valence-electron chi connectivity index (χ0n) is 13.5. The first-order valence-corrected chi connectivity index (χ1v) is 8.71. The Balaban J connectivity index is 2.93. The third kappa shape index (κ3) is 17.7. The topological polar surface area (TPSA) is 0 Å². The number of hydrogen-bond acceptors (Lipinski definition) is 0. The van der Waals surface area contributed by atoms with E-state index in [1.807, 2.05) is 0 Å². The first kappa shape index (κ1) is 18.7. The van der Waals surface area contributed by atoms with Crippen LogP contribution in [0, 0.1) is 6.92 Å². The molecule has 0 aliphatic heterocycles. The minimum atomic E-state index is 1.12. The van der Waals surface area contributed by atoms with E-state index in [1.165, 1.54) is 95.5 Å². The predicted octanol–water partition coefficient (Wildman–Crippen LogP) is 7.25. The molecule has 1 radical (unpaired) electrons. The second kappa shape index (κ2) is 15.8. The van der Waals surface area contributed by atoms with Crippen molar-refractivity contribution in [3.05, 3.63) is 19.1 Å². The van der Waals surface area contributed by atoms with E-state index < -0.39 is 0 Å². The molecule has 0 saturated heterocycles. The first-order chi connectivity index (χ1) is 9.27. The van der Waals surface area contributed by atoms with E-state index in [-0.39, 0.29) is 0 Å². The van der Waals surface area contributed by atoms with Gasteiger partial charge >= 0.3 is 0 Å². The molecule has 0 aliphatic rings. The summed E-state index contributed by atoms with van der Waals surface area (Å²) in [6, 6.07) is 0. The second-order valence-electron chi connectivity index (χ2n) is 6.16. The van der Waals surface area contributed by atoms with Crippen LogP contribution < -0.4 is 0 Å². The van der Waals surface area contributed by atoms with Gasteiger partial charge in [-0.3, -0.25) is 0 Å². The molecule has 0 bridgehead atoms. The van der Waals surface area contributed by atoms with Crippen LogP contribution >= 0.6 is 0 Å². The highest BCUT2D eigenvalue weighted by molar-refractivity contribution is 4.86. The lowest BCUT2D eigenvalue weighted by Gasteiger charge is -2.03. The molecular formula is C19H37. The van der Waals surface area contributed by atoms with Gasteiger partial charge in [0, 0.05) is 0 Å². The summed E-state index contributed by atoms with van der Waals surface area (Å²) < 4.78 is 0. The third-order valence-corrected chi connectivity index (χ3v) is 3.85. The maximum atomic E-state index is 3.95. The smallest absolute Gasteiger partial charge is 0.0326 e. The van der Waals surface area contributed by atoms with Gasteiger partial charge in [0.05, 0.1) is 0 Å². The van der Waals surface area contributed by atoms with Gasteiger partial charge in [0.25, 0.3) is 0 Å². The van der Waals surface area contributed by atoms with Crippen molar-refractivity contribution in [2.75, 3.05) is 0 Å². The normalized spacial score (nSPS) is 10.8. The quantitative estimate of drug-likeness (QED) is 0.216. The highest BCUT2D eigenvalue weighted by Crippen LogP contribution is 2.14. The molecule has 0 saturated carbocycles. The Morgan fingerprint density at radius 1 is 0.579 bits per heavy atom. The Kier molecular flexibility index (Phi) is 15.6. The summed E-state index contributed by atoms with van der Waals surface area (Å²) in [4.78, 5) is 0. The van der Waals surface area contributed by atoms with Crippen LogP contribution in [0.2, 0.25) is 0 Å². The predicted molar refractivity (Wildman–Crippen MR) is 89.4 cm³/mol. The molecule has 0 heteroatoms. The molecule has 0 aromatic rings. The molecule has 0 spiro atoms. The van der Waals surface area contributed by atoms with E-state index in [1.54, 1.807) is 0 Å². The van der Waals surface area contributed by atoms with E-state index in [2.05, 4.69) is 20.4 Å². The van der Waals surface area contributed by atoms with Gasteiger partial charge in [-0.15, -0.1) is 6.58 Å². The van der Waals surface area contributed by atoms with Crippen molar-refractivity contribution in [1.82, 2.24) is 0 Å². The number of allylic oxidation sites excluding steroid dienone is 1. The molecule has 0 aliphatic carbocycles. The Labute approximate surface area is 123 Å². The molecule has 0 rings (SSSR count). The van der Waals surface area contributed by atoms with E-state index in [9.17, 15) is 0 Å². The molecule has 0 fully saturated rings. The van der Waals surface area contributed by atoms with Crippen LogP contribution in [-0.4, -0.2) is 0 Å². The van der Waals surface area contributed by atoms with Crippen LogP contribution in [-0.2, 0) is 0 Å². The van der Waals surface area contributed by atoms with Crippen molar-refractivity contribution in [2.45, 2.75) is 103 Å². The molecule has 0 aromatic carbocycles. The van der Waals surface area contributed by atoms with Crippen molar-refractivity contribution in [1.29, 1.82) is 0 Å². The molecule has 0 aromatic heterocycles. The average molecular weight is 266 g/mol. The van der Waals surface area contributed by atoms with Gasteiger partial charge in [0.2, 0.25) is 0 Å². The van der Waals surface area contributed by atoms with E-state index in [4.69, 9.17) is 0 Å². The van der Waals surface area contributed by atoms with E-state index >= 15 is 0 Å². The lowest BCUT2D eigenvalue weighted by atomic mass is 10.0. The third-order valence-electron chi connectivity index (χ3n) is 3.85. The van der Waals surface area contributed by atoms with Crippen molar-refractivity contribution in [2.24, 2.45) is 0 Å². The van der Waals surface area contributed by atoms with Crippen LogP contribution in [0.5, 0.6) is 0 Å². The SMILES string of the molecule is [CH2]CCCCCCCCCCCCCCCC(=C)C. The van der Waals surface area contributed by atoms with Gasteiger partial charge in [-0.25, -0.2) is 0 Å². The molecule has 0 nitrogen and oxygen atoms in total. The minimum absolute atomic E-state index is 1.12. The summed E-state index contributed by atoms with van der Waals surface area (Å²) in [5.74, 6) is 0. The van der Waals surface area contributed by atoms with Crippen LogP contribution in [0.3, 0.4) is 0 Å². The van der Waals surface area contributed by atoms with E-state index in [0.717, 1.165) is 6.42 Å². The summed E-state index contributed by atoms with van der Waals surface area (Å²) in [6.07, 6.45) is 20.9. The fourth-order valence-corrected chi connectivity index (χ4v) is 2.55. The molecule has 0 unspecified atom stereocenters. The monoisotopic (exact) mass is 265 g/mol. The van der Waals surface area contributed by atoms with Gasteiger partial charge < -0.3 is 0 Å². The van der Waals surface area contributed by atoms with Crippen LogP contribution in [0.15, 0.2) is 12.2 Å². The summed E-state index contributed by atoms with van der Waals surface area (Å²) in [5, 5.41) is 0. The fourth-order valence-electron chi connectivity index (χ4n) is 2.55. The zero-order chi connectivity index (χ0) is 14.2. The maximum absolute atomic E-state index is 3.95. The zero-order valence-corrected chi connectivity index (χ0v) is 13.5. The van der Waals surface area contributed by atoms with Gasteiger partial charge in [-0.1, -0.05) is 96.0 Å². The molecule has 19 heavy (non-hydrogen) atoms. The molecule has 113 valence electrons. The highest BCUT2D eigenvalue weighted by atomic mass is 14.0. The molecule has 0 atom stereocenters. The Hall–Kier alpha value is -0.260. The Morgan fingerprint density at radius 2 is 0.895 bits per heavy atom. The summed E-state index contributed by atoms with van der Waals surface area (Å²) in [5.41, 5.74) is 1.34. The van der Waals surface area contributed by atoms with Crippen LogP contribution in [0.4, 0.5) is 0 Å². The van der Waals surface area contributed by atoms with Crippen LogP contribution in [0.1, 0.15) is 103 Å². The molecule has 0 N–H and O–H groups in total. The summed E-state index contributed by atoms with van der Waals surface area (Å²) in [6.45, 7) is 9.97. The standard InChI is InChI=1S/C19H37/c1-4-5-6-7-8-9-10-11-12-13-14-15-16-17-18-19(2)3/h1-2,4-18H2,3H3. The lowest BCUT2D eigenvalue weighted by Crippen LogP contribution is -1.83. The number of hydrogen-bond donors (Lipinski definition) is 0. The number of unbranched alkanes of at least 4 members (excludes halogenated alkanes) is 13. The fraction of sp³-hybridized carbons (Fsp3) is 0.842. The summed E-state index contributed by atoms with van der Waals surface area (Å²) >= 11 is 0. The molecular weight excluding hydrogens is 228 g/mol. The summed E-state index contributed by atoms with van der Waals surface area (Å²) in [7, 11) is 0. The Bertz CT molecular complexity index is 180.